The average Bonchev–Trinajstić information content (AvgIpc) is 2.61. The minimum atomic E-state index is -0.786. The van der Waals surface area contributed by atoms with Crippen LogP contribution in [0.1, 0.15) is 12.8 Å². The van der Waals surface area contributed by atoms with Crippen molar-refractivity contribution in [1.82, 2.24) is 4.90 Å². The van der Waals surface area contributed by atoms with Gasteiger partial charge in [0.1, 0.15) is 5.75 Å². The van der Waals surface area contributed by atoms with Gasteiger partial charge in [-0.15, -0.1) is 0 Å². The molecule has 0 atom stereocenters. The van der Waals surface area contributed by atoms with Crippen molar-refractivity contribution in [3.05, 3.63) is 41.4 Å². The highest BCUT2D eigenvalue weighted by Crippen LogP contribution is 2.31. The Kier molecular flexibility index (Phi) is 4.90. The summed E-state index contributed by atoms with van der Waals surface area (Å²) < 4.78 is 5.70. The summed E-state index contributed by atoms with van der Waals surface area (Å²) in [4.78, 5) is 24.9. The normalized spacial score (nSPS) is 15.5. The van der Waals surface area contributed by atoms with Gasteiger partial charge in [0.15, 0.2) is 6.61 Å². The molecule has 0 bridgehead atoms. The summed E-state index contributed by atoms with van der Waals surface area (Å²) in [5.41, 5.74) is 0. The molecule has 5 nitrogen and oxygen atoms in total. The molecule has 0 saturated carbocycles. The number of hydrogen-bond acceptors (Lipinski definition) is 3. The van der Waals surface area contributed by atoms with Crippen LogP contribution in [0.15, 0.2) is 36.4 Å². The third-order valence-electron chi connectivity index (χ3n) is 4.38. The van der Waals surface area contributed by atoms with Crippen LogP contribution in [0.5, 0.6) is 5.75 Å². The standard InChI is InChI=1S/C18H18ClNO4/c19-15-5-6-16(14-4-2-1-3-13(14)15)24-11-17(21)20-9-7-12(8-10-20)18(22)23/h1-6,12H,7-11H2,(H,22,23). The number of likely N-dealkylation sites (tertiary alicyclic amines) is 1. The number of hydrogen-bond donors (Lipinski definition) is 1. The largest absolute Gasteiger partial charge is 0.483 e. The van der Waals surface area contributed by atoms with Gasteiger partial charge in [0.25, 0.3) is 5.91 Å². The van der Waals surface area contributed by atoms with E-state index in [0.29, 0.717) is 36.7 Å². The first-order valence-electron chi connectivity index (χ1n) is 7.87. The lowest BCUT2D eigenvalue weighted by Crippen LogP contribution is -2.42. The fraction of sp³-hybridized carbons (Fsp3) is 0.333. The van der Waals surface area contributed by atoms with Crippen LogP contribution < -0.4 is 4.74 Å². The zero-order valence-corrected chi connectivity index (χ0v) is 13.8. The number of aliphatic carboxylic acids is 1. The second kappa shape index (κ2) is 7.09. The maximum atomic E-state index is 12.3. The van der Waals surface area contributed by atoms with Gasteiger partial charge in [-0.2, -0.15) is 0 Å². The van der Waals surface area contributed by atoms with Crippen molar-refractivity contribution in [3.8, 4) is 5.75 Å². The van der Waals surface area contributed by atoms with Crippen LogP contribution in [0.4, 0.5) is 0 Å². The summed E-state index contributed by atoms with van der Waals surface area (Å²) in [5, 5.41) is 11.4. The predicted molar refractivity (Wildman–Crippen MR) is 91.4 cm³/mol. The summed E-state index contributed by atoms with van der Waals surface area (Å²) >= 11 is 6.17. The van der Waals surface area contributed by atoms with Gasteiger partial charge in [0.2, 0.25) is 0 Å². The third-order valence-corrected chi connectivity index (χ3v) is 4.71. The molecule has 1 aliphatic rings. The van der Waals surface area contributed by atoms with E-state index in [0.717, 1.165) is 10.8 Å². The lowest BCUT2D eigenvalue weighted by atomic mass is 9.97. The molecule has 1 amide bonds. The first-order chi connectivity index (χ1) is 11.6. The molecule has 0 spiro atoms. The Morgan fingerprint density at radius 1 is 1.12 bits per heavy atom. The first-order valence-corrected chi connectivity index (χ1v) is 8.24. The number of carbonyl (C=O) groups is 2. The second-order valence-corrected chi connectivity index (χ2v) is 6.28. The third kappa shape index (κ3) is 3.46. The fourth-order valence-electron chi connectivity index (χ4n) is 2.97. The average molecular weight is 348 g/mol. The molecule has 1 saturated heterocycles. The van der Waals surface area contributed by atoms with Crippen molar-refractivity contribution < 1.29 is 19.4 Å². The topological polar surface area (TPSA) is 66.8 Å². The van der Waals surface area contributed by atoms with Crippen LogP contribution in [0.2, 0.25) is 5.02 Å². The van der Waals surface area contributed by atoms with Crippen molar-refractivity contribution in [3.63, 3.8) is 0 Å². The number of carbonyl (C=O) groups excluding carboxylic acids is 1. The van der Waals surface area contributed by atoms with Gasteiger partial charge in [0, 0.05) is 28.9 Å². The lowest BCUT2D eigenvalue weighted by Gasteiger charge is -2.30. The van der Waals surface area contributed by atoms with E-state index >= 15 is 0 Å². The molecule has 1 heterocycles. The van der Waals surface area contributed by atoms with E-state index in [-0.39, 0.29) is 18.4 Å². The Labute approximate surface area is 144 Å². The molecule has 24 heavy (non-hydrogen) atoms. The van der Waals surface area contributed by atoms with E-state index < -0.39 is 5.97 Å². The molecule has 1 N–H and O–H groups in total. The molecule has 0 radical (unpaired) electrons. The number of fused-ring (bicyclic) bond motifs is 1. The molecule has 0 aliphatic carbocycles. The Morgan fingerprint density at radius 3 is 2.46 bits per heavy atom. The molecular formula is C18H18ClNO4. The van der Waals surface area contributed by atoms with Crippen molar-refractivity contribution in [2.75, 3.05) is 19.7 Å². The Hall–Kier alpha value is -2.27. The number of carboxylic acid groups (broad SMARTS) is 1. The van der Waals surface area contributed by atoms with Crippen LogP contribution in [-0.4, -0.2) is 41.6 Å². The minimum absolute atomic E-state index is 0.0661. The van der Waals surface area contributed by atoms with Crippen LogP contribution in [0.25, 0.3) is 10.8 Å². The summed E-state index contributed by atoms with van der Waals surface area (Å²) in [6.07, 6.45) is 0.982. The van der Waals surface area contributed by atoms with Gasteiger partial charge in [-0.05, 0) is 25.0 Å². The maximum Gasteiger partial charge on any atom is 0.306 e. The number of piperidine rings is 1. The van der Waals surface area contributed by atoms with Crippen LogP contribution in [0.3, 0.4) is 0 Å². The van der Waals surface area contributed by atoms with E-state index in [1.807, 2.05) is 24.3 Å². The molecule has 0 unspecified atom stereocenters. The molecular weight excluding hydrogens is 330 g/mol. The quantitative estimate of drug-likeness (QED) is 0.922. The van der Waals surface area contributed by atoms with Gasteiger partial charge >= 0.3 is 5.97 Å². The zero-order valence-electron chi connectivity index (χ0n) is 13.1. The number of amides is 1. The molecule has 2 aromatic carbocycles. The minimum Gasteiger partial charge on any atom is -0.483 e. The number of carboxylic acids is 1. The van der Waals surface area contributed by atoms with Crippen LogP contribution in [-0.2, 0) is 9.59 Å². The van der Waals surface area contributed by atoms with E-state index in [4.69, 9.17) is 21.4 Å². The van der Waals surface area contributed by atoms with Crippen molar-refractivity contribution in [2.45, 2.75) is 12.8 Å². The Bertz CT molecular complexity index is 769. The molecule has 6 heteroatoms. The van der Waals surface area contributed by atoms with Gasteiger partial charge in [-0.25, -0.2) is 0 Å². The molecule has 126 valence electrons. The number of rotatable bonds is 4. The second-order valence-electron chi connectivity index (χ2n) is 5.87. The van der Waals surface area contributed by atoms with Crippen molar-refractivity contribution >= 4 is 34.2 Å². The van der Waals surface area contributed by atoms with Crippen LogP contribution >= 0.6 is 11.6 Å². The van der Waals surface area contributed by atoms with Gasteiger partial charge < -0.3 is 14.7 Å². The first kappa shape index (κ1) is 16.6. The Morgan fingerprint density at radius 2 is 1.79 bits per heavy atom. The summed E-state index contributed by atoms with van der Waals surface area (Å²) in [6, 6.07) is 11.1. The molecule has 0 aromatic heterocycles. The highest BCUT2D eigenvalue weighted by Gasteiger charge is 2.27. The molecule has 1 aliphatic heterocycles. The van der Waals surface area contributed by atoms with Crippen molar-refractivity contribution in [2.24, 2.45) is 5.92 Å². The summed E-state index contributed by atoms with van der Waals surface area (Å²) in [5.74, 6) is -0.650. The highest BCUT2D eigenvalue weighted by atomic mass is 35.5. The van der Waals surface area contributed by atoms with Crippen LogP contribution in [0, 0.1) is 5.92 Å². The molecule has 3 rings (SSSR count). The van der Waals surface area contributed by atoms with E-state index in [2.05, 4.69) is 0 Å². The molecule has 1 fully saturated rings. The van der Waals surface area contributed by atoms with E-state index in [1.54, 1.807) is 17.0 Å². The Balaban J connectivity index is 1.63. The fourth-order valence-corrected chi connectivity index (χ4v) is 3.19. The highest BCUT2D eigenvalue weighted by molar-refractivity contribution is 6.35. The number of ether oxygens (including phenoxy) is 1. The lowest BCUT2D eigenvalue weighted by molar-refractivity contribution is -0.146. The molecule has 2 aromatic rings. The monoisotopic (exact) mass is 347 g/mol. The maximum absolute atomic E-state index is 12.3. The van der Waals surface area contributed by atoms with E-state index in [9.17, 15) is 9.59 Å². The number of benzene rings is 2. The summed E-state index contributed by atoms with van der Waals surface area (Å²) in [7, 11) is 0. The van der Waals surface area contributed by atoms with Gasteiger partial charge in [-0.1, -0.05) is 35.9 Å². The van der Waals surface area contributed by atoms with E-state index in [1.165, 1.54) is 0 Å². The number of nitrogens with zero attached hydrogens (tertiary/aromatic N) is 1. The predicted octanol–water partition coefficient (Wildman–Crippen LogP) is 3.20. The zero-order chi connectivity index (χ0) is 17.1. The van der Waals surface area contributed by atoms with Crippen molar-refractivity contribution in [1.29, 1.82) is 0 Å². The smallest absolute Gasteiger partial charge is 0.306 e. The summed E-state index contributed by atoms with van der Waals surface area (Å²) in [6.45, 7) is 0.852. The van der Waals surface area contributed by atoms with Gasteiger partial charge in [-0.3, -0.25) is 9.59 Å². The van der Waals surface area contributed by atoms with Gasteiger partial charge in [0.05, 0.1) is 5.92 Å². The SMILES string of the molecule is O=C(O)C1CCN(C(=O)COc2ccc(Cl)c3ccccc23)CC1. The number of halogens is 1.